The van der Waals surface area contributed by atoms with Gasteiger partial charge in [0, 0.05) is 0 Å². The molecule has 2 N–H and O–H groups in total. The van der Waals surface area contributed by atoms with Crippen molar-refractivity contribution >= 4 is 11.9 Å². The Hall–Kier alpha value is -1.91. The van der Waals surface area contributed by atoms with Crippen molar-refractivity contribution in [3.05, 3.63) is 35.6 Å². The highest BCUT2D eigenvalue weighted by molar-refractivity contribution is 5.84. The van der Waals surface area contributed by atoms with Crippen LogP contribution in [0, 0.1) is 5.82 Å². The standard InChI is InChI=1S/C13H16FNO3/c1-2-4-11(13(17)18)15-12(16)8-9-5-3-6-10(14)7-9/h3,5-7,11H,2,4,8H2,1H3,(H,15,16)(H,17,18). The molecule has 0 spiro atoms. The summed E-state index contributed by atoms with van der Waals surface area (Å²) in [6, 6.07) is 4.81. The first-order valence-electron chi connectivity index (χ1n) is 5.79. The van der Waals surface area contributed by atoms with E-state index in [0.717, 1.165) is 0 Å². The Bertz CT molecular complexity index is 434. The molecular weight excluding hydrogens is 237 g/mol. The van der Waals surface area contributed by atoms with Gasteiger partial charge in [-0.15, -0.1) is 0 Å². The average molecular weight is 253 g/mol. The van der Waals surface area contributed by atoms with Gasteiger partial charge < -0.3 is 10.4 Å². The monoisotopic (exact) mass is 253 g/mol. The molecule has 0 saturated carbocycles. The Morgan fingerprint density at radius 1 is 1.44 bits per heavy atom. The van der Waals surface area contributed by atoms with E-state index >= 15 is 0 Å². The number of hydrogen-bond acceptors (Lipinski definition) is 2. The van der Waals surface area contributed by atoms with Gasteiger partial charge in [-0.2, -0.15) is 0 Å². The van der Waals surface area contributed by atoms with Crippen LogP contribution in [-0.4, -0.2) is 23.0 Å². The molecule has 0 aliphatic carbocycles. The van der Waals surface area contributed by atoms with Crippen LogP contribution in [0.4, 0.5) is 4.39 Å². The average Bonchev–Trinajstić information content (AvgIpc) is 2.28. The molecule has 1 amide bonds. The van der Waals surface area contributed by atoms with Crippen molar-refractivity contribution in [2.24, 2.45) is 0 Å². The van der Waals surface area contributed by atoms with Crippen LogP contribution in [0.1, 0.15) is 25.3 Å². The smallest absolute Gasteiger partial charge is 0.326 e. The lowest BCUT2D eigenvalue weighted by molar-refractivity contribution is -0.141. The quantitative estimate of drug-likeness (QED) is 0.811. The van der Waals surface area contributed by atoms with E-state index in [0.29, 0.717) is 18.4 Å². The van der Waals surface area contributed by atoms with Crippen molar-refractivity contribution in [1.29, 1.82) is 0 Å². The van der Waals surface area contributed by atoms with Gasteiger partial charge in [0.15, 0.2) is 0 Å². The zero-order valence-corrected chi connectivity index (χ0v) is 10.1. The van der Waals surface area contributed by atoms with E-state index < -0.39 is 23.7 Å². The highest BCUT2D eigenvalue weighted by Crippen LogP contribution is 2.05. The molecule has 1 aromatic rings. The molecule has 1 aromatic carbocycles. The summed E-state index contributed by atoms with van der Waals surface area (Å²) in [6.45, 7) is 1.84. The van der Waals surface area contributed by atoms with Crippen molar-refractivity contribution in [1.82, 2.24) is 5.32 Å². The van der Waals surface area contributed by atoms with Gasteiger partial charge >= 0.3 is 5.97 Å². The summed E-state index contributed by atoms with van der Waals surface area (Å²) in [5.41, 5.74) is 0.521. The highest BCUT2D eigenvalue weighted by atomic mass is 19.1. The molecule has 4 nitrogen and oxygen atoms in total. The molecule has 1 atom stereocenters. The Morgan fingerprint density at radius 3 is 2.72 bits per heavy atom. The molecule has 5 heteroatoms. The topological polar surface area (TPSA) is 66.4 Å². The van der Waals surface area contributed by atoms with Crippen LogP contribution in [0.25, 0.3) is 0 Å². The minimum atomic E-state index is -1.05. The number of halogens is 1. The summed E-state index contributed by atoms with van der Waals surface area (Å²) in [4.78, 5) is 22.5. The van der Waals surface area contributed by atoms with Crippen LogP contribution in [-0.2, 0) is 16.0 Å². The second-order valence-electron chi connectivity index (χ2n) is 4.05. The van der Waals surface area contributed by atoms with Crippen LogP contribution in [0.3, 0.4) is 0 Å². The van der Waals surface area contributed by atoms with Crippen LogP contribution >= 0.6 is 0 Å². The molecule has 0 bridgehead atoms. The first-order chi connectivity index (χ1) is 8.52. The first-order valence-corrected chi connectivity index (χ1v) is 5.79. The number of rotatable bonds is 6. The molecular formula is C13H16FNO3. The summed E-state index contributed by atoms with van der Waals surface area (Å²) < 4.78 is 12.9. The minimum absolute atomic E-state index is 0.0226. The largest absolute Gasteiger partial charge is 0.480 e. The second kappa shape index (κ2) is 6.74. The fraction of sp³-hybridized carbons (Fsp3) is 0.385. The number of hydrogen-bond donors (Lipinski definition) is 2. The zero-order chi connectivity index (χ0) is 13.5. The Labute approximate surface area is 105 Å². The van der Waals surface area contributed by atoms with E-state index in [-0.39, 0.29) is 6.42 Å². The molecule has 0 fully saturated rings. The minimum Gasteiger partial charge on any atom is -0.480 e. The van der Waals surface area contributed by atoms with E-state index in [2.05, 4.69) is 5.32 Å². The fourth-order valence-corrected chi connectivity index (χ4v) is 1.62. The third-order valence-electron chi connectivity index (χ3n) is 2.46. The van der Waals surface area contributed by atoms with E-state index in [4.69, 9.17) is 5.11 Å². The molecule has 0 heterocycles. The van der Waals surface area contributed by atoms with Gasteiger partial charge in [0.1, 0.15) is 11.9 Å². The lowest BCUT2D eigenvalue weighted by Gasteiger charge is -2.13. The maximum Gasteiger partial charge on any atom is 0.326 e. The summed E-state index contributed by atoms with van der Waals surface area (Å²) >= 11 is 0. The van der Waals surface area contributed by atoms with E-state index in [9.17, 15) is 14.0 Å². The molecule has 1 rings (SSSR count). The third-order valence-corrected chi connectivity index (χ3v) is 2.46. The van der Waals surface area contributed by atoms with Crippen LogP contribution in [0.2, 0.25) is 0 Å². The molecule has 0 saturated heterocycles. The molecule has 0 aliphatic heterocycles. The highest BCUT2D eigenvalue weighted by Gasteiger charge is 2.18. The maximum atomic E-state index is 12.9. The van der Waals surface area contributed by atoms with Crippen LogP contribution < -0.4 is 5.32 Å². The van der Waals surface area contributed by atoms with Crippen molar-refractivity contribution in [3.63, 3.8) is 0 Å². The second-order valence-corrected chi connectivity index (χ2v) is 4.05. The zero-order valence-electron chi connectivity index (χ0n) is 10.1. The van der Waals surface area contributed by atoms with E-state index in [1.807, 2.05) is 6.92 Å². The number of carbonyl (C=O) groups is 2. The number of nitrogens with one attached hydrogen (secondary N) is 1. The predicted octanol–water partition coefficient (Wildman–Crippen LogP) is 1.74. The van der Waals surface area contributed by atoms with Gasteiger partial charge in [-0.1, -0.05) is 25.5 Å². The van der Waals surface area contributed by atoms with Crippen LogP contribution in [0.15, 0.2) is 24.3 Å². The molecule has 0 radical (unpaired) electrons. The van der Waals surface area contributed by atoms with Gasteiger partial charge in [-0.25, -0.2) is 9.18 Å². The molecule has 18 heavy (non-hydrogen) atoms. The molecule has 98 valence electrons. The summed E-state index contributed by atoms with van der Waals surface area (Å²) in [7, 11) is 0. The van der Waals surface area contributed by atoms with Gasteiger partial charge in [0.2, 0.25) is 5.91 Å². The predicted molar refractivity (Wildman–Crippen MR) is 64.6 cm³/mol. The third kappa shape index (κ3) is 4.53. The lowest BCUT2D eigenvalue weighted by Crippen LogP contribution is -2.41. The van der Waals surface area contributed by atoms with E-state index in [1.54, 1.807) is 6.07 Å². The SMILES string of the molecule is CCCC(NC(=O)Cc1cccc(F)c1)C(=O)O. The van der Waals surface area contributed by atoms with E-state index in [1.165, 1.54) is 18.2 Å². The Morgan fingerprint density at radius 2 is 2.17 bits per heavy atom. The van der Waals surface area contributed by atoms with Gasteiger partial charge in [-0.3, -0.25) is 4.79 Å². The summed E-state index contributed by atoms with van der Waals surface area (Å²) in [6.07, 6.45) is 1.02. The number of carboxylic acids is 1. The van der Waals surface area contributed by atoms with Gasteiger partial charge in [0.25, 0.3) is 0 Å². The molecule has 0 aromatic heterocycles. The number of benzene rings is 1. The number of carboxylic acid groups (broad SMARTS) is 1. The fourth-order valence-electron chi connectivity index (χ4n) is 1.62. The number of amides is 1. The maximum absolute atomic E-state index is 12.9. The summed E-state index contributed by atoms with van der Waals surface area (Å²) in [5.74, 6) is -1.88. The van der Waals surface area contributed by atoms with Crippen LogP contribution in [0.5, 0.6) is 0 Å². The number of carbonyl (C=O) groups excluding carboxylic acids is 1. The molecule has 0 aliphatic rings. The van der Waals surface area contributed by atoms with Crippen molar-refractivity contribution in [3.8, 4) is 0 Å². The number of aliphatic carboxylic acids is 1. The van der Waals surface area contributed by atoms with Crippen molar-refractivity contribution in [2.45, 2.75) is 32.2 Å². The van der Waals surface area contributed by atoms with Crippen molar-refractivity contribution < 1.29 is 19.1 Å². The Kier molecular flexibility index (Phi) is 5.30. The first kappa shape index (κ1) is 14.2. The summed E-state index contributed by atoms with van der Waals surface area (Å²) in [5, 5.41) is 11.3. The molecule has 1 unspecified atom stereocenters. The Balaban J connectivity index is 2.57. The van der Waals surface area contributed by atoms with Gasteiger partial charge in [0.05, 0.1) is 6.42 Å². The normalized spacial score (nSPS) is 11.9. The lowest BCUT2D eigenvalue weighted by atomic mass is 10.1. The van der Waals surface area contributed by atoms with Crippen molar-refractivity contribution in [2.75, 3.05) is 0 Å². The van der Waals surface area contributed by atoms with Gasteiger partial charge in [-0.05, 0) is 24.1 Å².